The van der Waals surface area contributed by atoms with E-state index in [2.05, 4.69) is 15.6 Å². The highest BCUT2D eigenvalue weighted by Gasteiger charge is 2.17. The third kappa shape index (κ3) is 6.38. The molecule has 0 saturated heterocycles. The molecule has 3 rings (SSSR count). The van der Waals surface area contributed by atoms with Crippen molar-refractivity contribution in [1.29, 1.82) is 0 Å². The summed E-state index contributed by atoms with van der Waals surface area (Å²) in [5.41, 5.74) is 1.56. The molecule has 0 saturated carbocycles. The Balaban J connectivity index is 1.58. The van der Waals surface area contributed by atoms with E-state index in [1.165, 1.54) is 11.3 Å². The van der Waals surface area contributed by atoms with Crippen molar-refractivity contribution in [3.05, 3.63) is 70.2 Å². The summed E-state index contributed by atoms with van der Waals surface area (Å²) < 4.78 is 5.08. The molecule has 1 heterocycles. The van der Waals surface area contributed by atoms with Gasteiger partial charge in [0.1, 0.15) is 5.01 Å². The summed E-state index contributed by atoms with van der Waals surface area (Å²) in [5, 5.41) is 8.17. The molecule has 0 unspecified atom stereocenters. The van der Waals surface area contributed by atoms with Gasteiger partial charge in [-0.15, -0.1) is 11.3 Å². The number of hydrogen-bond acceptors (Lipinski definition) is 6. The number of nitrogens with zero attached hydrogens (tertiary/aromatic N) is 1. The van der Waals surface area contributed by atoms with Crippen LogP contribution in [0.1, 0.15) is 34.7 Å². The number of amides is 2. The SMILES string of the molecule is CC(C)CNC(=O)c1ccccc1NC(=O)COC(=O)c1csc(-c2cccc(Cl)c2)n1. The lowest BCUT2D eigenvalue weighted by atomic mass is 10.1. The van der Waals surface area contributed by atoms with Crippen LogP contribution in [-0.2, 0) is 9.53 Å². The lowest BCUT2D eigenvalue weighted by Crippen LogP contribution is -2.29. The van der Waals surface area contributed by atoms with Crippen LogP contribution < -0.4 is 10.6 Å². The summed E-state index contributed by atoms with van der Waals surface area (Å²) in [6.07, 6.45) is 0. The van der Waals surface area contributed by atoms with Crippen molar-refractivity contribution in [2.75, 3.05) is 18.5 Å². The summed E-state index contributed by atoms with van der Waals surface area (Å²) in [6, 6.07) is 13.8. The van der Waals surface area contributed by atoms with Crippen molar-refractivity contribution < 1.29 is 19.1 Å². The van der Waals surface area contributed by atoms with E-state index in [1.54, 1.807) is 47.8 Å². The number of nitrogens with one attached hydrogen (secondary N) is 2. The minimum absolute atomic E-state index is 0.103. The number of ether oxygens (including phenoxy) is 1. The van der Waals surface area contributed by atoms with Crippen LogP contribution in [0.25, 0.3) is 10.6 Å². The molecule has 2 aromatic carbocycles. The number of halogens is 1. The van der Waals surface area contributed by atoms with E-state index in [-0.39, 0.29) is 11.6 Å². The Labute approximate surface area is 194 Å². The molecule has 1 aromatic heterocycles. The summed E-state index contributed by atoms with van der Waals surface area (Å²) in [7, 11) is 0. The molecule has 0 aliphatic rings. The molecule has 0 aliphatic carbocycles. The second kappa shape index (κ2) is 10.9. The molecule has 7 nitrogen and oxygen atoms in total. The van der Waals surface area contributed by atoms with Gasteiger partial charge in [0.15, 0.2) is 12.3 Å². The lowest BCUT2D eigenvalue weighted by Gasteiger charge is -2.12. The Bertz CT molecular complexity index is 1130. The molecule has 0 bridgehead atoms. The monoisotopic (exact) mass is 471 g/mol. The van der Waals surface area contributed by atoms with Crippen LogP contribution in [-0.4, -0.2) is 35.9 Å². The highest BCUT2D eigenvalue weighted by Crippen LogP contribution is 2.26. The lowest BCUT2D eigenvalue weighted by molar-refractivity contribution is -0.119. The Morgan fingerprint density at radius 2 is 1.91 bits per heavy atom. The predicted octanol–water partition coefficient (Wildman–Crippen LogP) is 4.64. The number of anilines is 1. The molecule has 2 amide bonds. The van der Waals surface area contributed by atoms with E-state index in [1.807, 2.05) is 19.9 Å². The average Bonchev–Trinajstić information content (AvgIpc) is 3.27. The van der Waals surface area contributed by atoms with E-state index in [0.29, 0.717) is 33.7 Å². The van der Waals surface area contributed by atoms with Gasteiger partial charge in [-0.25, -0.2) is 9.78 Å². The normalized spacial score (nSPS) is 10.6. The van der Waals surface area contributed by atoms with Crippen LogP contribution in [0.2, 0.25) is 5.02 Å². The van der Waals surface area contributed by atoms with E-state index >= 15 is 0 Å². The first-order chi connectivity index (χ1) is 15.3. The van der Waals surface area contributed by atoms with Crippen LogP contribution in [0.15, 0.2) is 53.9 Å². The van der Waals surface area contributed by atoms with Crippen molar-refractivity contribution in [3.63, 3.8) is 0 Å². The second-order valence-electron chi connectivity index (χ2n) is 7.32. The number of para-hydroxylation sites is 1. The largest absolute Gasteiger partial charge is 0.451 e. The quantitative estimate of drug-likeness (QED) is 0.466. The first kappa shape index (κ1) is 23.4. The molecule has 0 fully saturated rings. The van der Waals surface area contributed by atoms with Crippen molar-refractivity contribution in [1.82, 2.24) is 10.3 Å². The molecule has 0 spiro atoms. The summed E-state index contributed by atoms with van der Waals surface area (Å²) in [5.74, 6) is -1.27. The standard InChI is InChI=1S/C23H22ClN3O4S/c1-14(2)11-25-21(29)17-8-3-4-9-18(17)26-20(28)12-31-23(30)19-13-32-22(27-19)15-6-5-7-16(24)10-15/h3-10,13-14H,11-12H2,1-2H3,(H,25,29)(H,26,28). The second-order valence-corrected chi connectivity index (χ2v) is 8.62. The van der Waals surface area contributed by atoms with Crippen LogP contribution in [0, 0.1) is 5.92 Å². The smallest absolute Gasteiger partial charge is 0.358 e. The van der Waals surface area contributed by atoms with Gasteiger partial charge in [-0.1, -0.05) is 49.7 Å². The molecular formula is C23H22ClN3O4S. The predicted molar refractivity (Wildman–Crippen MR) is 125 cm³/mol. The minimum atomic E-state index is -0.715. The Morgan fingerprint density at radius 3 is 2.66 bits per heavy atom. The molecular weight excluding hydrogens is 450 g/mol. The number of esters is 1. The molecule has 0 atom stereocenters. The van der Waals surface area contributed by atoms with E-state index < -0.39 is 18.5 Å². The molecule has 166 valence electrons. The topological polar surface area (TPSA) is 97.4 Å². The Morgan fingerprint density at radius 1 is 1.12 bits per heavy atom. The first-order valence-electron chi connectivity index (χ1n) is 9.89. The maximum Gasteiger partial charge on any atom is 0.358 e. The van der Waals surface area contributed by atoms with E-state index in [0.717, 1.165) is 5.56 Å². The van der Waals surface area contributed by atoms with Gasteiger partial charge in [0.2, 0.25) is 0 Å². The van der Waals surface area contributed by atoms with Gasteiger partial charge in [0.25, 0.3) is 11.8 Å². The fourth-order valence-corrected chi connectivity index (χ4v) is 3.67. The molecule has 0 radical (unpaired) electrons. The van der Waals surface area contributed by atoms with Crippen molar-refractivity contribution in [2.45, 2.75) is 13.8 Å². The average molecular weight is 472 g/mol. The van der Waals surface area contributed by atoms with Crippen LogP contribution in [0.5, 0.6) is 0 Å². The molecule has 9 heteroatoms. The van der Waals surface area contributed by atoms with Crippen LogP contribution in [0.3, 0.4) is 0 Å². The molecule has 0 aliphatic heterocycles. The molecule has 3 aromatic rings. The van der Waals surface area contributed by atoms with Gasteiger partial charge in [-0.05, 0) is 30.2 Å². The third-order valence-electron chi connectivity index (χ3n) is 4.24. The summed E-state index contributed by atoms with van der Waals surface area (Å²) >= 11 is 7.27. The highest BCUT2D eigenvalue weighted by molar-refractivity contribution is 7.13. The fraction of sp³-hybridized carbons (Fsp3) is 0.217. The zero-order valence-corrected chi connectivity index (χ0v) is 19.1. The van der Waals surface area contributed by atoms with Crippen molar-refractivity contribution in [2.24, 2.45) is 5.92 Å². The van der Waals surface area contributed by atoms with Gasteiger partial charge >= 0.3 is 5.97 Å². The van der Waals surface area contributed by atoms with Gasteiger partial charge in [0, 0.05) is 22.5 Å². The number of benzene rings is 2. The first-order valence-corrected chi connectivity index (χ1v) is 11.1. The van der Waals surface area contributed by atoms with Crippen molar-refractivity contribution >= 4 is 46.4 Å². The number of carbonyl (C=O) groups excluding carboxylic acids is 3. The van der Waals surface area contributed by atoms with Crippen molar-refractivity contribution in [3.8, 4) is 10.6 Å². The zero-order valence-electron chi connectivity index (χ0n) is 17.6. The number of thiazole rings is 1. The van der Waals surface area contributed by atoms with Gasteiger partial charge in [-0.3, -0.25) is 9.59 Å². The third-order valence-corrected chi connectivity index (χ3v) is 5.36. The van der Waals surface area contributed by atoms with Crippen LogP contribution >= 0.6 is 22.9 Å². The maximum absolute atomic E-state index is 12.4. The van der Waals surface area contributed by atoms with E-state index in [4.69, 9.17) is 16.3 Å². The Hall–Kier alpha value is -3.23. The minimum Gasteiger partial charge on any atom is -0.451 e. The highest BCUT2D eigenvalue weighted by atomic mass is 35.5. The van der Waals surface area contributed by atoms with Gasteiger partial charge in [-0.2, -0.15) is 0 Å². The summed E-state index contributed by atoms with van der Waals surface area (Å²) in [4.78, 5) is 41.2. The van der Waals surface area contributed by atoms with E-state index in [9.17, 15) is 14.4 Å². The fourth-order valence-electron chi connectivity index (χ4n) is 2.70. The summed E-state index contributed by atoms with van der Waals surface area (Å²) in [6.45, 7) is 3.99. The zero-order chi connectivity index (χ0) is 23.1. The van der Waals surface area contributed by atoms with Gasteiger partial charge in [0.05, 0.1) is 11.3 Å². The number of hydrogen-bond donors (Lipinski definition) is 2. The maximum atomic E-state index is 12.4. The number of aromatic nitrogens is 1. The van der Waals surface area contributed by atoms with Gasteiger partial charge < -0.3 is 15.4 Å². The Kier molecular flexibility index (Phi) is 7.97. The molecule has 2 N–H and O–H groups in total. The number of carbonyl (C=O) groups is 3. The van der Waals surface area contributed by atoms with Crippen LogP contribution in [0.4, 0.5) is 5.69 Å². The number of rotatable bonds is 8. The molecule has 32 heavy (non-hydrogen) atoms.